The van der Waals surface area contributed by atoms with Crippen LogP contribution in [0, 0.1) is 0 Å². The van der Waals surface area contributed by atoms with Crippen LogP contribution in [0.1, 0.15) is 6.92 Å². The second-order valence-electron chi connectivity index (χ2n) is 1.41. The molecule has 0 saturated heterocycles. The zero-order chi connectivity index (χ0) is 6.57. The lowest BCUT2D eigenvalue weighted by molar-refractivity contribution is -0.134. The van der Waals surface area contributed by atoms with Gasteiger partial charge in [0.15, 0.2) is 0 Å². The van der Waals surface area contributed by atoms with Crippen molar-refractivity contribution in [2.24, 2.45) is 5.73 Å². The van der Waals surface area contributed by atoms with Crippen molar-refractivity contribution in [3.63, 3.8) is 0 Å². The second-order valence-corrected chi connectivity index (χ2v) is 1.41. The number of nitrogens with two attached hydrogens (primary N) is 1. The van der Waals surface area contributed by atoms with E-state index < -0.39 is 5.97 Å². The maximum absolute atomic E-state index is 10.2. The monoisotopic (exact) mass is 115 g/mol. The van der Waals surface area contributed by atoms with Crippen molar-refractivity contribution in [1.29, 1.82) is 0 Å². The van der Waals surface area contributed by atoms with Crippen molar-refractivity contribution < 1.29 is 9.53 Å². The molecule has 0 aromatic heterocycles. The lowest BCUT2D eigenvalue weighted by Crippen LogP contribution is -2.00. The molecular weight excluding hydrogens is 106 g/mol. The second kappa shape index (κ2) is 3.07. The van der Waals surface area contributed by atoms with Crippen LogP contribution in [0.15, 0.2) is 11.8 Å². The zero-order valence-electron chi connectivity index (χ0n) is 4.97. The number of hydrogen-bond donors (Lipinski definition) is 1. The van der Waals surface area contributed by atoms with Crippen molar-refractivity contribution in [3.8, 4) is 0 Å². The largest absolute Gasteiger partial charge is 0.466 e. The van der Waals surface area contributed by atoms with Crippen molar-refractivity contribution in [1.82, 2.24) is 0 Å². The van der Waals surface area contributed by atoms with Crippen molar-refractivity contribution in [3.05, 3.63) is 11.8 Å². The predicted molar refractivity (Wildman–Crippen MR) is 30.0 cm³/mol. The van der Waals surface area contributed by atoms with Gasteiger partial charge >= 0.3 is 5.97 Å². The van der Waals surface area contributed by atoms with Crippen LogP contribution < -0.4 is 5.73 Å². The molecule has 0 radical (unpaired) electrons. The average Bonchev–Trinajstić information content (AvgIpc) is 1.65. The fourth-order valence-corrected chi connectivity index (χ4v) is 0.245. The third-order valence-corrected chi connectivity index (χ3v) is 0.547. The summed E-state index contributed by atoms with van der Waals surface area (Å²) in [5.41, 5.74) is 5.58. The highest BCUT2D eigenvalue weighted by atomic mass is 16.5. The maximum Gasteiger partial charge on any atom is 0.332 e. The summed E-state index contributed by atoms with van der Waals surface area (Å²) in [5, 5.41) is 0. The van der Waals surface area contributed by atoms with Gasteiger partial charge in [0, 0.05) is 11.8 Å². The molecule has 3 heteroatoms. The molecule has 0 saturated carbocycles. The number of rotatable bonds is 1. The molecular formula is C5H9NO2. The third kappa shape index (κ3) is 3.21. The van der Waals surface area contributed by atoms with Gasteiger partial charge in [-0.15, -0.1) is 0 Å². The van der Waals surface area contributed by atoms with Crippen LogP contribution >= 0.6 is 0 Å². The highest BCUT2D eigenvalue weighted by Gasteiger charge is 1.89. The maximum atomic E-state index is 10.2. The van der Waals surface area contributed by atoms with E-state index in [9.17, 15) is 4.79 Å². The van der Waals surface area contributed by atoms with Crippen LogP contribution in [0.2, 0.25) is 0 Å². The minimum Gasteiger partial charge on any atom is -0.466 e. The lowest BCUT2D eigenvalue weighted by atomic mass is 10.4. The Kier molecular flexibility index (Phi) is 2.69. The van der Waals surface area contributed by atoms with E-state index in [0.29, 0.717) is 5.70 Å². The molecule has 0 aromatic carbocycles. The molecule has 3 nitrogen and oxygen atoms in total. The minimum atomic E-state index is -0.412. The molecule has 0 aromatic rings. The summed E-state index contributed by atoms with van der Waals surface area (Å²) in [7, 11) is 1.31. The molecule has 0 aliphatic carbocycles. The quantitative estimate of drug-likeness (QED) is 0.387. The summed E-state index contributed by atoms with van der Waals surface area (Å²) in [6.45, 7) is 1.62. The number of carbonyl (C=O) groups is 1. The van der Waals surface area contributed by atoms with Crippen LogP contribution in [0.5, 0.6) is 0 Å². The van der Waals surface area contributed by atoms with Gasteiger partial charge in [-0.05, 0) is 6.92 Å². The Hall–Kier alpha value is -0.990. The summed E-state index contributed by atoms with van der Waals surface area (Å²) in [6.07, 6.45) is 1.22. The van der Waals surface area contributed by atoms with Gasteiger partial charge in [0.05, 0.1) is 7.11 Å². The Balaban J connectivity index is 3.70. The molecule has 0 spiro atoms. The predicted octanol–water partition coefficient (Wildman–Crippen LogP) is 0.0219. The topological polar surface area (TPSA) is 52.3 Å². The van der Waals surface area contributed by atoms with Crippen molar-refractivity contribution in [2.45, 2.75) is 6.92 Å². The van der Waals surface area contributed by atoms with E-state index in [1.807, 2.05) is 0 Å². The summed E-state index contributed by atoms with van der Waals surface area (Å²) < 4.78 is 4.27. The van der Waals surface area contributed by atoms with Gasteiger partial charge in [-0.25, -0.2) is 4.79 Å². The molecule has 0 unspecified atom stereocenters. The van der Waals surface area contributed by atoms with Gasteiger partial charge in [0.1, 0.15) is 0 Å². The zero-order valence-corrected chi connectivity index (χ0v) is 4.97. The van der Waals surface area contributed by atoms with Crippen LogP contribution in [-0.2, 0) is 9.53 Å². The van der Waals surface area contributed by atoms with Gasteiger partial charge in [0.25, 0.3) is 0 Å². The Bertz CT molecular complexity index is 114. The molecule has 0 heterocycles. The fraction of sp³-hybridized carbons (Fsp3) is 0.400. The van der Waals surface area contributed by atoms with E-state index in [0.717, 1.165) is 0 Å². The molecule has 2 N–H and O–H groups in total. The van der Waals surface area contributed by atoms with E-state index in [-0.39, 0.29) is 0 Å². The average molecular weight is 115 g/mol. The highest BCUT2D eigenvalue weighted by Crippen LogP contribution is 1.80. The number of allylic oxidation sites excluding steroid dienone is 1. The summed E-state index contributed by atoms with van der Waals surface area (Å²) in [4.78, 5) is 10.2. The molecule has 0 rings (SSSR count). The Morgan fingerprint density at radius 1 is 1.75 bits per heavy atom. The number of methoxy groups -OCH3 is 1. The Morgan fingerprint density at radius 3 is 2.38 bits per heavy atom. The van der Waals surface area contributed by atoms with Gasteiger partial charge in [-0.3, -0.25) is 0 Å². The fourth-order valence-electron chi connectivity index (χ4n) is 0.245. The van der Waals surface area contributed by atoms with E-state index in [1.54, 1.807) is 6.92 Å². The smallest absolute Gasteiger partial charge is 0.332 e. The first-order valence-corrected chi connectivity index (χ1v) is 2.18. The first-order valence-electron chi connectivity index (χ1n) is 2.18. The molecule has 0 atom stereocenters. The van der Waals surface area contributed by atoms with E-state index in [2.05, 4.69) is 4.74 Å². The van der Waals surface area contributed by atoms with Gasteiger partial charge in [0.2, 0.25) is 0 Å². The number of esters is 1. The van der Waals surface area contributed by atoms with Gasteiger partial charge in [-0.2, -0.15) is 0 Å². The van der Waals surface area contributed by atoms with E-state index >= 15 is 0 Å². The van der Waals surface area contributed by atoms with Crippen molar-refractivity contribution in [2.75, 3.05) is 7.11 Å². The molecule has 0 aliphatic heterocycles. The molecule has 8 heavy (non-hydrogen) atoms. The van der Waals surface area contributed by atoms with E-state index in [1.165, 1.54) is 13.2 Å². The minimum absolute atomic E-state index is 0.412. The highest BCUT2D eigenvalue weighted by molar-refractivity contribution is 5.82. The summed E-state index contributed by atoms with van der Waals surface area (Å²) >= 11 is 0. The van der Waals surface area contributed by atoms with Crippen molar-refractivity contribution >= 4 is 5.97 Å². The third-order valence-electron chi connectivity index (χ3n) is 0.547. The molecule has 0 bridgehead atoms. The standard InChI is InChI=1S/C5H9NO2/c1-4(6)3-5(7)8-2/h3H,6H2,1-2H3. The first kappa shape index (κ1) is 7.01. The normalized spacial score (nSPS) is 11.0. The SMILES string of the molecule is COC(=O)C=C(C)N. The van der Waals surface area contributed by atoms with Gasteiger partial charge < -0.3 is 10.5 Å². The lowest BCUT2D eigenvalue weighted by Gasteiger charge is -1.89. The number of hydrogen-bond acceptors (Lipinski definition) is 3. The Labute approximate surface area is 48.1 Å². The number of carbonyl (C=O) groups excluding carboxylic acids is 1. The molecule has 0 fully saturated rings. The first-order chi connectivity index (χ1) is 3.66. The molecule has 0 amide bonds. The molecule has 0 aliphatic rings. The van der Waals surface area contributed by atoms with Gasteiger partial charge in [-0.1, -0.05) is 0 Å². The van der Waals surface area contributed by atoms with Crippen LogP contribution in [-0.4, -0.2) is 13.1 Å². The van der Waals surface area contributed by atoms with Crippen LogP contribution in [0.3, 0.4) is 0 Å². The van der Waals surface area contributed by atoms with Crippen LogP contribution in [0.25, 0.3) is 0 Å². The molecule has 46 valence electrons. The van der Waals surface area contributed by atoms with E-state index in [4.69, 9.17) is 5.73 Å². The number of ether oxygens (including phenoxy) is 1. The Morgan fingerprint density at radius 2 is 2.25 bits per heavy atom. The summed E-state index contributed by atoms with van der Waals surface area (Å²) in [6, 6.07) is 0. The summed E-state index contributed by atoms with van der Waals surface area (Å²) in [5.74, 6) is -0.412. The van der Waals surface area contributed by atoms with Crippen LogP contribution in [0.4, 0.5) is 0 Å².